The molecule has 1 aromatic heterocycles. The number of hydrogen-bond acceptors (Lipinski definition) is 4. The average molecular weight is 302 g/mol. The van der Waals surface area contributed by atoms with Crippen molar-refractivity contribution in [3.8, 4) is 0 Å². The summed E-state index contributed by atoms with van der Waals surface area (Å²) in [6.45, 7) is 3.77. The van der Waals surface area contributed by atoms with Gasteiger partial charge >= 0.3 is 0 Å². The first-order chi connectivity index (χ1) is 8.81. The molecule has 0 spiro atoms. The Hall–Kier alpha value is -0.920. The molecule has 2 rings (SSSR count). The molecule has 5 nitrogen and oxygen atoms in total. The van der Waals surface area contributed by atoms with Gasteiger partial charge in [-0.25, -0.2) is 13.1 Å². The summed E-state index contributed by atoms with van der Waals surface area (Å²) in [5, 5.41) is 0. The van der Waals surface area contributed by atoms with Crippen molar-refractivity contribution in [2.45, 2.75) is 43.4 Å². The second-order valence-electron chi connectivity index (χ2n) is 4.97. The van der Waals surface area contributed by atoms with Crippen LogP contribution in [0.5, 0.6) is 0 Å². The van der Waals surface area contributed by atoms with Gasteiger partial charge in [-0.15, -0.1) is 11.3 Å². The summed E-state index contributed by atoms with van der Waals surface area (Å²) in [4.78, 5) is 12.3. The van der Waals surface area contributed by atoms with Crippen LogP contribution in [0.1, 0.15) is 29.7 Å². The topological polar surface area (TPSA) is 89.3 Å². The summed E-state index contributed by atoms with van der Waals surface area (Å²) < 4.78 is 27.5. The largest absolute Gasteiger partial charge is 0.369 e. The molecule has 0 radical (unpaired) electrons. The minimum absolute atomic E-state index is 0.303. The maximum Gasteiger partial charge on any atom is 0.250 e. The van der Waals surface area contributed by atoms with E-state index < -0.39 is 21.8 Å². The molecule has 0 unspecified atom stereocenters. The molecule has 1 saturated carbocycles. The Morgan fingerprint density at radius 1 is 1.42 bits per heavy atom. The van der Waals surface area contributed by atoms with Crippen LogP contribution < -0.4 is 10.5 Å². The second kappa shape index (κ2) is 5.22. The van der Waals surface area contributed by atoms with E-state index in [0.29, 0.717) is 17.1 Å². The van der Waals surface area contributed by atoms with Gasteiger partial charge in [0.25, 0.3) is 0 Å². The highest BCUT2D eigenvalue weighted by atomic mass is 32.2. The van der Waals surface area contributed by atoms with E-state index in [1.165, 1.54) is 11.3 Å². The Kier molecular flexibility index (Phi) is 3.98. The first-order valence-electron chi connectivity index (χ1n) is 6.20. The molecule has 106 valence electrons. The fourth-order valence-corrected chi connectivity index (χ4v) is 5.22. The number of nitrogens with two attached hydrogens (primary N) is 1. The summed E-state index contributed by atoms with van der Waals surface area (Å²) in [7, 11) is -3.55. The molecule has 3 N–H and O–H groups in total. The van der Waals surface area contributed by atoms with Crippen molar-refractivity contribution in [1.29, 1.82) is 0 Å². The number of rotatable bonds is 4. The Balaban J connectivity index is 2.20. The zero-order valence-corrected chi connectivity index (χ0v) is 12.6. The fraction of sp³-hybridized carbons (Fsp3) is 0.583. The average Bonchev–Trinajstić information content (AvgIpc) is 2.87. The highest BCUT2D eigenvalue weighted by Crippen LogP contribution is 2.29. The second-order valence-corrected chi connectivity index (χ2v) is 8.17. The lowest BCUT2D eigenvalue weighted by Gasteiger charge is -2.17. The highest BCUT2D eigenvalue weighted by molar-refractivity contribution is 7.91. The molecule has 1 aromatic rings. The maximum atomic E-state index is 12.3. The van der Waals surface area contributed by atoms with Crippen LogP contribution in [0, 0.1) is 19.8 Å². The summed E-state index contributed by atoms with van der Waals surface area (Å²) in [6.07, 6.45) is 2.14. The van der Waals surface area contributed by atoms with Gasteiger partial charge in [-0.05, 0) is 38.3 Å². The Morgan fingerprint density at radius 2 is 2.11 bits per heavy atom. The van der Waals surface area contributed by atoms with E-state index in [0.717, 1.165) is 16.9 Å². The lowest BCUT2D eigenvalue weighted by atomic mass is 10.0. The van der Waals surface area contributed by atoms with Gasteiger partial charge in [-0.3, -0.25) is 4.79 Å². The molecular formula is C12H18N2O3S2. The SMILES string of the molecule is Cc1cc(S(=O)(=O)N[C@H]2CCC[C@H]2C(N)=O)sc1C. The van der Waals surface area contributed by atoms with Crippen molar-refractivity contribution >= 4 is 27.3 Å². The van der Waals surface area contributed by atoms with Crippen molar-refractivity contribution < 1.29 is 13.2 Å². The van der Waals surface area contributed by atoms with Crippen LogP contribution in [0.25, 0.3) is 0 Å². The van der Waals surface area contributed by atoms with Crippen LogP contribution in [0.4, 0.5) is 0 Å². The number of carbonyl (C=O) groups is 1. The van der Waals surface area contributed by atoms with Gasteiger partial charge < -0.3 is 5.73 Å². The molecule has 7 heteroatoms. The number of sulfonamides is 1. The lowest BCUT2D eigenvalue weighted by molar-refractivity contribution is -0.122. The van der Waals surface area contributed by atoms with E-state index in [4.69, 9.17) is 5.73 Å². The van der Waals surface area contributed by atoms with Crippen LogP contribution in [0.3, 0.4) is 0 Å². The minimum Gasteiger partial charge on any atom is -0.369 e. The molecule has 1 aliphatic rings. The molecular weight excluding hydrogens is 284 g/mol. The predicted molar refractivity (Wildman–Crippen MR) is 74.4 cm³/mol. The minimum atomic E-state index is -3.55. The van der Waals surface area contributed by atoms with E-state index >= 15 is 0 Å². The number of nitrogens with one attached hydrogen (secondary N) is 1. The molecule has 0 saturated heterocycles. The number of amides is 1. The Bertz CT molecular complexity index is 573. The molecule has 1 fully saturated rings. The fourth-order valence-electron chi connectivity index (χ4n) is 2.37. The third kappa shape index (κ3) is 2.98. The van der Waals surface area contributed by atoms with Gasteiger partial charge in [0, 0.05) is 10.9 Å². The van der Waals surface area contributed by atoms with Gasteiger partial charge in [0.2, 0.25) is 15.9 Å². The zero-order valence-electron chi connectivity index (χ0n) is 11.0. The van der Waals surface area contributed by atoms with Gasteiger partial charge in [-0.1, -0.05) is 6.42 Å². The van der Waals surface area contributed by atoms with Crippen LogP contribution in [0.15, 0.2) is 10.3 Å². The normalized spacial score (nSPS) is 23.7. The van der Waals surface area contributed by atoms with Crippen molar-refractivity contribution in [2.75, 3.05) is 0 Å². The third-order valence-corrected chi connectivity index (χ3v) is 6.71. The number of thiophene rings is 1. The van der Waals surface area contributed by atoms with Crippen molar-refractivity contribution in [3.05, 3.63) is 16.5 Å². The van der Waals surface area contributed by atoms with Crippen LogP contribution >= 0.6 is 11.3 Å². The van der Waals surface area contributed by atoms with Crippen molar-refractivity contribution in [1.82, 2.24) is 4.72 Å². The number of aryl methyl sites for hydroxylation is 2. The van der Waals surface area contributed by atoms with E-state index in [2.05, 4.69) is 4.72 Å². The first-order valence-corrected chi connectivity index (χ1v) is 8.50. The highest BCUT2D eigenvalue weighted by Gasteiger charge is 2.35. The standard InChI is InChI=1S/C12H18N2O3S2/c1-7-6-11(18-8(7)2)19(16,17)14-10-5-3-4-9(10)12(13)15/h6,9-10,14H,3-5H2,1-2H3,(H2,13,15)/t9-,10+/m1/s1. The molecule has 0 aliphatic heterocycles. The third-order valence-electron chi connectivity index (χ3n) is 3.60. The van der Waals surface area contributed by atoms with E-state index in [1.54, 1.807) is 6.07 Å². The predicted octanol–water partition coefficient (Wildman–Crippen LogP) is 1.30. The quantitative estimate of drug-likeness (QED) is 0.878. The summed E-state index contributed by atoms with van der Waals surface area (Å²) in [5.74, 6) is -0.819. The Morgan fingerprint density at radius 3 is 2.63 bits per heavy atom. The summed E-state index contributed by atoms with van der Waals surface area (Å²) >= 11 is 1.25. The monoisotopic (exact) mass is 302 g/mol. The molecule has 0 bridgehead atoms. The number of primary amides is 1. The van der Waals surface area contributed by atoms with Gasteiger partial charge in [0.05, 0.1) is 5.92 Å². The molecule has 2 atom stereocenters. The van der Waals surface area contributed by atoms with Crippen LogP contribution in [-0.4, -0.2) is 20.4 Å². The van der Waals surface area contributed by atoms with Crippen LogP contribution in [0.2, 0.25) is 0 Å². The summed E-state index contributed by atoms with van der Waals surface area (Å²) in [5.41, 5.74) is 6.26. The Labute approximate surface area is 117 Å². The van der Waals surface area contributed by atoms with Gasteiger partial charge in [0.1, 0.15) is 4.21 Å². The zero-order chi connectivity index (χ0) is 14.2. The number of carbonyl (C=O) groups excluding carboxylic acids is 1. The van der Waals surface area contributed by atoms with Gasteiger partial charge in [-0.2, -0.15) is 0 Å². The van der Waals surface area contributed by atoms with Crippen molar-refractivity contribution in [2.24, 2.45) is 11.7 Å². The first kappa shape index (κ1) is 14.5. The smallest absolute Gasteiger partial charge is 0.250 e. The summed E-state index contributed by atoms with van der Waals surface area (Å²) in [6, 6.07) is 1.29. The molecule has 1 amide bonds. The number of hydrogen-bond donors (Lipinski definition) is 2. The van der Waals surface area contributed by atoms with E-state index in [-0.39, 0.29) is 6.04 Å². The van der Waals surface area contributed by atoms with Gasteiger partial charge in [0.15, 0.2) is 0 Å². The van der Waals surface area contributed by atoms with Crippen molar-refractivity contribution in [3.63, 3.8) is 0 Å². The van der Waals surface area contributed by atoms with E-state index in [9.17, 15) is 13.2 Å². The van der Waals surface area contributed by atoms with Crippen LogP contribution in [-0.2, 0) is 14.8 Å². The maximum absolute atomic E-state index is 12.3. The van der Waals surface area contributed by atoms with E-state index in [1.807, 2.05) is 13.8 Å². The molecule has 1 heterocycles. The molecule has 1 aliphatic carbocycles. The molecule has 0 aromatic carbocycles. The molecule has 19 heavy (non-hydrogen) atoms. The lowest BCUT2D eigenvalue weighted by Crippen LogP contribution is -2.42.